The van der Waals surface area contributed by atoms with Gasteiger partial charge in [-0.05, 0) is 88.7 Å². The molecule has 2 aliphatic carbocycles. The lowest BCUT2D eigenvalue weighted by Crippen LogP contribution is -2.66. The maximum atomic E-state index is 10.8. The van der Waals surface area contributed by atoms with Gasteiger partial charge in [-0.1, -0.05) is 19.8 Å². The molecule has 0 amide bonds. The van der Waals surface area contributed by atoms with Crippen LogP contribution in [0.3, 0.4) is 0 Å². The highest BCUT2D eigenvalue weighted by Gasteiger charge is 2.60. The summed E-state index contributed by atoms with van der Waals surface area (Å²) in [6, 6.07) is 4.99. The molecule has 4 rings (SSSR count). The Bertz CT molecular complexity index is 692. The molecule has 25 heavy (non-hydrogen) atoms. The fourth-order valence-corrected chi connectivity index (χ4v) is 6.27. The molecule has 3 aliphatic rings. The molecule has 2 fully saturated rings. The van der Waals surface area contributed by atoms with E-state index in [1.807, 2.05) is 0 Å². The summed E-state index contributed by atoms with van der Waals surface area (Å²) in [6.45, 7) is 10.2. The Kier molecular flexibility index (Phi) is 3.71. The number of likely N-dealkylation sites (N-methyl/N-ethyl adjacent to an activating group) is 1. The number of anilines is 1. The SMILES string of the molecule is CN1CCC23CCCCC2(C)C1Cc1cc(NC(C)(C)C)c(O)cc13. The summed E-state index contributed by atoms with van der Waals surface area (Å²) >= 11 is 0. The second-order valence-corrected chi connectivity index (χ2v) is 10.1. The average molecular weight is 343 g/mol. The molecule has 3 unspecified atom stereocenters. The summed E-state index contributed by atoms with van der Waals surface area (Å²) in [5.41, 5.74) is 4.36. The van der Waals surface area contributed by atoms with Crippen LogP contribution in [0.15, 0.2) is 12.1 Å². The molecule has 0 radical (unpaired) electrons. The first-order valence-corrected chi connectivity index (χ1v) is 10.0. The zero-order valence-electron chi connectivity index (χ0n) is 16.6. The number of benzene rings is 1. The van der Waals surface area contributed by atoms with Crippen molar-refractivity contribution >= 4 is 5.69 Å². The zero-order chi connectivity index (χ0) is 18.0. The number of nitrogens with one attached hydrogen (secondary N) is 1. The van der Waals surface area contributed by atoms with E-state index in [0.717, 1.165) is 12.1 Å². The number of rotatable bonds is 1. The Hall–Kier alpha value is -1.22. The van der Waals surface area contributed by atoms with Crippen LogP contribution in [0.4, 0.5) is 5.69 Å². The minimum Gasteiger partial charge on any atom is -0.506 e. The van der Waals surface area contributed by atoms with E-state index in [4.69, 9.17) is 0 Å². The van der Waals surface area contributed by atoms with E-state index < -0.39 is 0 Å². The van der Waals surface area contributed by atoms with Gasteiger partial charge in [0.15, 0.2) is 0 Å². The third-order valence-electron chi connectivity index (χ3n) is 7.46. The molecule has 0 aromatic heterocycles. The van der Waals surface area contributed by atoms with Crippen LogP contribution in [-0.4, -0.2) is 35.2 Å². The normalized spacial score (nSPS) is 35.0. The molecule has 3 atom stereocenters. The van der Waals surface area contributed by atoms with E-state index in [2.05, 4.69) is 57.1 Å². The molecule has 1 saturated heterocycles. The Morgan fingerprint density at radius 3 is 2.60 bits per heavy atom. The van der Waals surface area contributed by atoms with Gasteiger partial charge in [-0.25, -0.2) is 0 Å². The first kappa shape index (κ1) is 17.2. The van der Waals surface area contributed by atoms with Crippen molar-refractivity contribution in [2.75, 3.05) is 18.9 Å². The first-order valence-electron chi connectivity index (χ1n) is 10.0. The first-order chi connectivity index (χ1) is 11.7. The third-order valence-corrected chi connectivity index (χ3v) is 7.46. The standard InChI is InChI=1S/C22H34N2O/c1-20(2,3)23-17-12-15-13-19-21(4)8-6-7-9-22(21,10-11-24(19)5)16(15)14-18(17)25/h12,14,19,23,25H,6-11,13H2,1-5H3. The van der Waals surface area contributed by atoms with Crippen LogP contribution in [-0.2, 0) is 11.8 Å². The largest absolute Gasteiger partial charge is 0.506 e. The lowest BCUT2D eigenvalue weighted by Gasteiger charge is -2.65. The number of fused-ring (bicyclic) bond motifs is 1. The van der Waals surface area contributed by atoms with Gasteiger partial charge < -0.3 is 15.3 Å². The minimum absolute atomic E-state index is 0.0509. The summed E-state index contributed by atoms with van der Waals surface area (Å²) in [6.07, 6.45) is 7.64. The molecule has 1 aromatic carbocycles. The molecule has 1 saturated carbocycles. The van der Waals surface area contributed by atoms with Crippen LogP contribution in [0.25, 0.3) is 0 Å². The Balaban J connectivity index is 1.86. The molecular formula is C22H34N2O. The van der Waals surface area contributed by atoms with Crippen LogP contribution in [0, 0.1) is 5.41 Å². The quantitative estimate of drug-likeness (QED) is 0.727. The Morgan fingerprint density at radius 1 is 1.16 bits per heavy atom. The number of nitrogens with zero attached hydrogens (tertiary/aromatic N) is 1. The van der Waals surface area contributed by atoms with Crippen LogP contribution in [0.2, 0.25) is 0 Å². The fraction of sp³-hybridized carbons (Fsp3) is 0.727. The number of hydrogen-bond acceptors (Lipinski definition) is 3. The van der Waals surface area contributed by atoms with E-state index >= 15 is 0 Å². The maximum absolute atomic E-state index is 10.8. The van der Waals surface area contributed by atoms with Gasteiger partial charge in [-0.2, -0.15) is 0 Å². The van der Waals surface area contributed by atoms with E-state index in [1.54, 1.807) is 0 Å². The van der Waals surface area contributed by atoms with E-state index in [-0.39, 0.29) is 11.0 Å². The van der Waals surface area contributed by atoms with Crippen molar-refractivity contribution in [3.8, 4) is 5.75 Å². The van der Waals surface area contributed by atoms with Crippen LogP contribution in [0.5, 0.6) is 5.75 Å². The lowest BCUT2D eigenvalue weighted by atomic mass is 9.45. The van der Waals surface area contributed by atoms with Crippen molar-refractivity contribution in [3.05, 3.63) is 23.3 Å². The van der Waals surface area contributed by atoms with Gasteiger partial charge in [0.2, 0.25) is 0 Å². The third kappa shape index (κ3) is 2.42. The van der Waals surface area contributed by atoms with Crippen LogP contribution in [0.1, 0.15) is 70.9 Å². The van der Waals surface area contributed by atoms with E-state index in [0.29, 0.717) is 17.2 Å². The van der Waals surface area contributed by atoms with Crippen molar-refractivity contribution in [1.29, 1.82) is 0 Å². The van der Waals surface area contributed by atoms with Crippen molar-refractivity contribution in [2.45, 2.75) is 83.2 Å². The monoisotopic (exact) mass is 342 g/mol. The predicted molar refractivity (Wildman–Crippen MR) is 104 cm³/mol. The molecular weight excluding hydrogens is 308 g/mol. The van der Waals surface area contributed by atoms with Gasteiger partial charge in [0.05, 0.1) is 5.69 Å². The number of hydrogen-bond donors (Lipinski definition) is 2. The topological polar surface area (TPSA) is 35.5 Å². The molecule has 3 nitrogen and oxygen atoms in total. The van der Waals surface area contributed by atoms with Gasteiger partial charge in [0, 0.05) is 17.0 Å². The molecule has 1 heterocycles. The smallest absolute Gasteiger partial charge is 0.138 e. The molecule has 138 valence electrons. The second kappa shape index (κ2) is 5.39. The maximum Gasteiger partial charge on any atom is 0.138 e. The van der Waals surface area contributed by atoms with Crippen molar-refractivity contribution in [2.24, 2.45) is 5.41 Å². The molecule has 1 aliphatic heterocycles. The van der Waals surface area contributed by atoms with Gasteiger partial charge in [-0.15, -0.1) is 0 Å². The molecule has 0 spiro atoms. The van der Waals surface area contributed by atoms with Crippen LogP contribution >= 0.6 is 0 Å². The van der Waals surface area contributed by atoms with Gasteiger partial charge in [0.1, 0.15) is 5.75 Å². The summed E-state index contributed by atoms with van der Waals surface area (Å²) in [5, 5.41) is 14.3. The predicted octanol–water partition coefficient (Wildman–Crippen LogP) is 4.68. The minimum atomic E-state index is -0.0509. The highest BCUT2D eigenvalue weighted by Crippen LogP contribution is 2.63. The van der Waals surface area contributed by atoms with Crippen LogP contribution < -0.4 is 5.32 Å². The van der Waals surface area contributed by atoms with Gasteiger partial charge in [-0.3, -0.25) is 0 Å². The van der Waals surface area contributed by atoms with Crippen molar-refractivity contribution in [3.63, 3.8) is 0 Å². The fourth-order valence-electron chi connectivity index (χ4n) is 6.27. The van der Waals surface area contributed by atoms with E-state index in [1.165, 1.54) is 49.8 Å². The summed E-state index contributed by atoms with van der Waals surface area (Å²) < 4.78 is 0. The summed E-state index contributed by atoms with van der Waals surface area (Å²) in [7, 11) is 2.31. The van der Waals surface area contributed by atoms with Crippen molar-refractivity contribution in [1.82, 2.24) is 4.90 Å². The van der Waals surface area contributed by atoms with Gasteiger partial charge >= 0.3 is 0 Å². The number of phenolic OH excluding ortho intramolecular Hbond substituents is 1. The Labute approximate surface area is 152 Å². The van der Waals surface area contributed by atoms with E-state index in [9.17, 15) is 5.11 Å². The highest BCUT2D eigenvalue weighted by molar-refractivity contribution is 5.63. The Morgan fingerprint density at radius 2 is 1.88 bits per heavy atom. The number of likely N-dealkylation sites (tertiary alicyclic amines) is 1. The number of aromatic hydroxyl groups is 1. The average Bonchev–Trinajstić information content (AvgIpc) is 2.51. The molecule has 3 heteroatoms. The highest BCUT2D eigenvalue weighted by atomic mass is 16.3. The number of piperidine rings is 1. The summed E-state index contributed by atoms with van der Waals surface area (Å²) in [5.74, 6) is 0.424. The molecule has 1 aromatic rings. The summed E-state index contributed by atoms with van der Waals surface area (Å²) in [4.78, 5) is 2.61. The molecule has 2 bridgehead atoms. The number of phenols is 1. The molecule has 2 N–H and O–H groups in total. The van der Waals surface area contributed by atoms with Crippen molar-refractivity contribution < 1.29 is 5.11 Å². The zero-order valence-corrected chi connectivity index (χ0v) is 16.6. The lowest BCUT2D eigenvalue weighted by molar-refractivity contribution is -0.0735. The second-order valence-electron chi connectivity index (χ2n) is 10.1. The van der Waals surface area contributed by atoms with Gasteiger partial charge in [0.25, 0.3) is 0 Å².